The van der Waals surface area contributed by atoms with Crippen LogP contribution in [0.15, 0.2) is 6.20 Å². The number of carbonyl (C=O) groups is 1. The van der Waals surface area contributed by atoms with Gasteiger partial charge in [-0.15, -0.1) is 0 Å². The number of carbonyl (C=O) groups excluding carboxylic acids is 1. The second-order valence-electron chi connectivity index (χ2n) is 3.12. The van der Waals surface area contributed by atoms with Crippen molar-refractivity contribution in [3.05, 3.63) is 11.8 Å². The number of rotatable bonds is 1. The van der Waals surface area contributed by atoms with E-state index in [9.17, 15) is 4.79 Å². The molecule has 1 aliphatic heterocycles. The molecule has 2 rings (SSSR count). The van der Waals surface area contributed by atoms with E-state index in [2.05, 4.69) is 12.0 Å². The van der Waals surface area contributed by atoms with Gasteiger partial charge in [0.25, 0.3) is 0 Å². The minimum atomic E-state index is 0.469. The maximum Gasteiger partial charge on any atom is 0.222 e. The van der Waals surface area contributed by atoms with Gasteiger partial charge in [-0.1, -0.05) is 6.92 Å². The molecule has 0 saturated heterocycles. The zero-order valence-corrected chi connectivity index (χ0v) is 6.86. The van der Waals surface area contributed by atoms with Crippen molar-refractivity contribution in [1.29, 1.82) is 0 Å². The lowest BCUT2D eigenvalue weighted by molar-refractivity contribution is 0.111. The van der Waals surface area contributed by atoms with Gasteiger partial charge in [0.2, 0.25) is 5.88 Å². The third-order valence-electron chi connectivity index (χ3n) is 1.93. The molecule has 0 amide bonds. The molecule has 1 aliphatic rings. The van der Waals surface area contributed by atoms with E-state index in [0.717, 1.165) is 12.8 Å². The summed E-state index contributed by atoms with van der Waals surface area (Å²) in [7, 11) is 0. The number of hydrogen-bond acceptors (Lipinski definition) is 3. The lowest BCUT2D eigenvalue weighted by Crippen LogP contribution is -2.23. The van der Waals surface area contributed by atoms with Gasteiger partial charge in [-0.2, -0.15) is 5.10 Å². The van der Waals surface area contributed by atoms with Crippen LogP contribution in [0, 0.1) is 5.92 Å². The third kappa shape index (κ3) is 0.995. The smallest absolute Gasteiger partial charge is 0.222 e. The fraction of sp³-hybridized carbons (Fsp3) is 0.500. The van der Waals surface area contributed by atoms with Crippen molar-refractivity contribution in [2.45, 2.75) is 13.5 Å². The van der Waals surface area contributed by atoms with Crippen molar-refractivity contribution >= 4 is 6.29 Å². The molecule has 0 spiro atoms. The van der Waals surface area contributed by atoms with Crippen molar-refractivity contribution in [1.82, 2.24) is 9.78 Å². The van der Waals surface area contributed by atoms with Crippen LogP contribution >= 0.6 is 0 Å². The van der Waals surface area contributed by atoms with E-state index in [4.69, 9.17) is 4.74 Å². The summed E-state index contributed by atoms with van der Waals surface area (Å²) in [5, 5.41) is 4.04. The molecule has 2 heterocycles. The first-order chi connectivity index (χ1) is 5.81. The zero-order valence-electron chi connectivity index (χ0n) is 6.86. The summed E-state index contributed by atoms with van der Waals surface area (Å²) in [5.41, 5.74) is 0.543. The molecule has 4 nitrogen and oxygen atoms in total. The zero-order chi connectivity index (χ0) is 8.55. The third-order valence-corrected chi connectivity index (χ3v) is 1.93. The van der Waals surface area contributed by atoms with Gasteiger partial charge >= 0.3 is 0 Å². The van der Waals surface area contributed by atoms with Gasteiger partial charge < -0.3 is 4.74 Å². The highest BCUT2D eigenvalue weighted by molar-refractivity contribution is 5.77. The molecule has 4 heteroatoms. The van der Waals surface area contributed by atoms with E-state index < -0.39 is 0 Å². The Bertz CT molecular complexity index is 306. The molecule has 0 N–H and O–H groups in total. The van der Waals surface area contributed by atoms with Gasteiger partial charge in [0.15, 0.2) is 6.29 Å². The SMILES string of the molecule is C[C@H]1COc2c(C=O)cnn2C1. The molecular formula is C8H10N2O2. The maximum absolute atomic E-state index is 10.5. The number of fused-ring (bicyclic) bond motifs is 1. The minimum Gasteiger partial charge on any atom is -0.477 e. The van der Waals surface area contributed by atoms with Crippen LogP contribution in [-0.2, 0) is 6.54 Å². The molecule has 0 unspecified atom stereocenters. The highest BCUT2D eigenvalue weighted by Crippen LogP contribution is 2.22. The monoisotopic (exact) mass is 166 g/mol. The first-order valence-corrected chi connectivity index (χ1v) is 3.95. The van der Waals surface area contributed by atoms with E-state index in [1.807, 2.05) is 0 Å². The summed E-state index contributed by atoms with van der Waals surface area (Å²) >= 11 is 0. The Kier molecular flexibility index (Phi) is 1.60. The number of aromatic nitrogens is 2. The van der Waals surface area contributed by atoms with E-state index in [1.165, 1.54) is 0 Å². The lowest BCUT2D eigenvalue weighted by Gasteiger charge is -2.20. The van der Waals surface area contributed by atoms with Gasteiger partial charge in [-0.05, 0) is 0 Å². The summed E-state index contributed by atoms with van der Waals surface area (Å²) < 4.78 is 7.10. The Morgan fingerprint density at radius 3 is 3.42 bits per heavy atom. The van der Waals surface area contributed by atoms with E-state index >= 15 is 0 Å². The van der Waals surface area contributed by atoms with Gasteiger partial charge in [0.1, 0.15) is 0 Å². The molecular weight excluding hydrogens is 156 g/mol. The van der Waals surface area contributed by atoms with Crippen molar-refractivity contribution in [2.75, 3.05) is 6.61 Å². The minimum absolute atomic E-state index is 0.469. The van der Waals surface area contributed by atoms with Crippen molar-refractivity contribution in [3.63, 3.8) is 0 Å². The molecule has 0 radical (unpaired) electrons. The molecule has 64 valence electrons. The molecule has 0 saturated carbocycles. The highest BCUT2D eigenvalue weighted by atomic mass is 16.5. The summed E-state index contributed by atoms with van der Waals surface area (Å²) in [6, 6.07) is 0. The number of nitrogens with zero attached hydrogens (tertiary/aromatic N) is 2. The largest absolute Gasteiger partial charge is 0.477 e. The molecule has 0 fully saturated rings. The van der Waals surface area contributed by atoms with Crippen LogP contribution in [0.1, 0.15) is 17.3 Å². The van der Waals surface area contributed by atoms with Gasteiger partial charge in [-0.3, -0.25) is 4.79 Å². The first kappa shape index (κ1) is 7.34. The van der Waals surface area contributed by atoms with Crippen LogP contribution in [-0.4, -0.2) is 22.7 Å². The number of aldehydes is 1. The average Bonchev–Trinajstić information content (AvgIpc) is 2.46. The summed E-state index contributed by atoms with van der Waals surface area (Å²) in [6.45, 7) is 3.60. The Hall–Kier alpha value is -1.32. The summed E-state index contributed by atoms with van der Waals surface area (Å²) in [4.78, 5) is 10.5. The fourth-order valence-corrected chi connectivity index (χ4v) is 1.33. The second kappa shape index (κ2) is 2.62. The Morgan fingerprint density at radius 2 is 2.67 bits per heavy atom. The summed E-state index contributed by atoms with van der Waals surface area (Å²) in [6.07, 6.45) is 2.31. The van der Waals surface area contributed by atoms with Crippen molar-refractivity contribution in [2.24, 2.45) is 5.92 Å². The lowest BCUT2D eigenvalue weighted by atomic mass is 10.2. The van der Waals surface area contributed by atoms with E-state index in [0.29, 0.717) is 24.0 Å². The number of hydrogen-bond donors (Lipinski definition) is 0. The Labute approximate surface area is 70.1 Å². The highest BCUT2D eigenvalue weighted by Gasteiger charge is 2.19. The number of ether oxygens (including phenoxy) is 1. The normalized spacial score (nSPS) is 21.2. The van der Waals surface area contributed by atoms with Crippen molar-refractivity contribution in [3.8, 4) is 5.88 Å². The first-order valence-electron chi connectivity index (χ1n) is 3.95. The van der Waals surface area contributed by atoms with Gasteiger partial charge in [0.05, 0.1) is 24.9 Å². The van der Waals surface area contributed by atoms with E-state index in [-0.39, 0.29) is 0 Å². The molecule has 1 atom stereocenters. The predicted octanol–water partition coefficient (Wildman–Crippen LogP) is 0.724. The molecule has 1 aromatic rings. The van der Waals surface area contributed by atoms with Crippen LogP contribution < -0.4 is 4.74 Å². The standard InChI is InChI=1S/C8H10N2O2/c1-6-3-10-8(12-5-6)7(4-11)2-9-10/h2,4,6H,3,5H2,1H3/t6-/m1/s1. The predicted molar refractivity (Wildman–Crippen MR) is 42.3 cm³/mol. The van der Waals surface area contributed by atoms with Crippen LogP contribution in [0.4, 0.5) is 0 Å². The molecule has 1 aromatic heterocycles. The maximum atomic E-state index is 10.5. The molecule has 12 heavy (non-hydrogen) atoms. The topological polar surface area (TPSA) is 44.1 Å². The molecule has 0 bridgehead atoms. The van der Waals surface area contributed by atoms with E-state index in [1.54, 1.807) is 10.9 Å². The van der Waals surface area contributed by atoms with Crippen LogP contribution in [0.2, 0.25) is 0 Å². The van der Waals surface area contributed by atoms with Gasteiger partial charge in [-0.25, -0.2) is 4.68 Å². The Balaban J connectivity index is 2.38. The average molecular weight is 166 g/mol. The quantitative estimate of drug-likeness (QED) is 0.577. The second-order valence-corrected chi connectivity index (χ2v) is 3.12. The van der Waals surface area contributed by atoms with Crippen molar-refractivity contribution < 1.29 is 9.53 Å². The molecule has 0 aliphatic carbocycles. The fourth-order valence-electron chi connectivity index (χ4n) is 1.33. The van der Waals surface area contributed by atoms with Gasteiger partial charge in [0, 0.05) is 5.92 Å². The van der Waals surface area contributed by atoms with Crippen LogP contribution in [0.5, 0.6) is 5.88 Å². The molecule has 0 aromatic carbocycles. The summed E-state index contributed by atoms with van der Waals surface area (Å²) in [5.74, 6) is 1.08. The Morgan fingerprint density at radius 1 is 1.83 bits per heavy atom. The van der Waals surface area contributed by atoms with Crippen LogP contribution in [0.3, 0.4) is 0 Å². The van der Waals surface area contributed by atoms with Crippen LogP contribution in [0.25, 0.3) is 0 Å².